The predicted molar refractivity (Wildman–Crippen MR) is 76.9 cm³/mol. The van der Waals surface area contributed by atoms with Crippen molar-refractivity contribution in [3.05, 3.63) is 0 Å². The molecule has 1 aliphatic carbocycles. The second kappa shape index (κ2) is 7.72. The zero-order valence-electron chi connectivity index (χ0n) is 11.9. The van der Waals surface area contributed by atoms with Crippen LogP contribution in [0.3, 0.4) is 0 Å². The molecule has 0 aromatic rings. The van der Waals surface area contributed by atoms with Crippen LogP contribution in [-0.4, -0.2) is 39.0 Å². The minimum Gasteiger partial charge on any atom is -0.338 e. The van der Waals surface area contributed by atoms with Crippen molar-refractivity contribution in [3.8, 4) is 0 Å². The molecule has 1 aliphatic rings. The van der Waals surface area contributed by atoms with E-state index in [1.165, 1.54) is 25.7 Å². The number of carbonyl (C=O) groups excluding carboxylic acids is 1. The second-order valence-electron chi connectivity index (χ2n) is 5.51. The van der Waals surface area contributed by atoms with Gasteiger partial charge in [-0.05, 0) is 24.7 Å². The Morgan fingerprint density at radius 2 is 2.00 bits per heavy atom. The van der Waals surface area contributed by atoms with Crippen molar-refractivity contribution in [2.24, 2.45) is 11.8 Å². The molecule has 0 aromatic heterocycles. The Balaban J connectivity index is 2.14. The Morgan fingerprint density at radius 3 is 2.63 bits per heavy atom. The van der Waals surface area contributed by atoms with Gasteiger partial charge in [-0.25, -0.2) is 13.2 Å². The van der Waals surface area contributed by atoms with Crippen molar-refractivity contribution in [2.75, 3.05) is 24.6 Å². The highest BCUT2D eigenvalue weighted by molar-refractivity contribution is 7.91. The molecule has 1 saturated carbocycles. The molecule has 1 rings (SSSR count). The summed E-state index contributed by atoms with van der Waals surface area (Å²) < 4.78 is 22.5. The molecule has 0 spiro atoms. The van der Waals surface area contributed by atoms with Gasteiger partial charge in [-0.2, -0.15) is 0 Å². The highest BCUT2D eigenvalue weighted by atomic mass is 32.2. The van der Waals surface area contributed by atoms with E-state index in [1.807, 2.05) is 0 Å². The lowest BCUT2D eigenvalue weighted by Crippen LogP contribution is -2.40. The standard InChI is InChI=1S/C13H26N2O3S/c1-3-19(17,18)8-7-14-13(16)15-10-12-6-4-5-11(2)9-12/h11-12H,3-10H2,1-2H3,(H2,14,15,16)/t11-,12+/m0/s1. The first-order valence-electron chi connectivity index (χ1n) is 7.15. The zero-order chi connectivity index (χ0) is 14.3. The van der Waals surface area contributed by atoms with E-state index in [2.05, 4.69) is 17.6 Å². The van der Waals surface area contributed by atoms with Gasteiger partial charge in [-0.15, -0.1) is 0 Å². The number of nitrogens with one attached hydrogen (secondary N) is 2. The normalized spacial score (nSPS) is 23.9. The van der Waals surface area contributed by atoms with E-state index in [1.54, 1.807) is 6.92 Å². The molecule has 0 radical (unpaired) electrons. The van der Waals surface area contributed by atoms with E-state index in [9.17, 15) is 13.2 Å². The van der Waals surface area contributed by atoms with Crippen LogP contribution in [0.25, 0.3) is 0 Å². The van der Waals surface area contributed by atoms with Gasteiger partial charge in [0.1, 0.15) is 0 Å². The predicted octanol–water partition coefficient (Wildman–Crippen LogP) is 1.55. The molecule has 0 bridgehead atoms. The maximum Gasteiger partial charge on any atom is 0.314 e. The first-order chi connectivity index (χ1) is 8.93. The fourth-order valence-electron chi connectivity index (χ4n) is 2.51. The van der Waals surface area contributed by atoms with Gasteiger partial charge in [0.25, 0.3) is 0 Å². The van der Waals surface area contributed by atoms with Crippen LogP contribution in [-0.2, 0) is 9.84 Å². The summed E-state index contributed by atoms with van der Waals surface area (Å²) in [4.78, 5) is 11.5. The number of amides is 2. The molecular formula is C13H26N2O3S. The summed E-state index contributed by atoms with van der Waals surface area (Å²) >= 11 is 0. The first kappa shape index (κ1) is 16.3. The lowest BCUT2D eigenvalue weighted by atomic mass is 9.82. The van der Waals surface area contributed by atoms with Gasteiger partial charge in [0.2, 0.25) is 0 Å². The maximum absolute atomic E-state index is 11.5. The molecule has 112 valence electrons. The van der Waals surface area contributed by atoms with E-state index in [0.717, 1.165) is 5.92 Å². The Kier molecular flexibility index (Phi) is 6.62. The van der Waals surface area contributed by atoms with E-state index in [-0.39, 0.29) is 24.1 Å². The molecule has 0 aliphatic heterocycles. The summed E-state index contributed by atoms with van der Waals surface area (Å²) in [6, 6.07) is -0.260. The Morgan fingerprint density at radius 1 is 1.26 bits per heavy atom. The van der Waals surface area contributed by atoms with Crippen molar-refractivity contribution in [1.82, 2.24) is 10.6 Å². The number of hydrogen-bond acceptors (Lipinski definition) is 3. The molecule has 5 nitrogen and oxygen atoms in total. The Labute approximate surface area is 116 Å². The molecule has 0 aromatic carbocycles. The summed E-state index contributed by atoms with van der Waals surface area (Å²) in [6.45, 7) is 4.74. The number of hydrogen-bond donors (Lipinski definition) is 2. The van der Waals surface area contributed by atoms with Crippen LogP contribution in [0, 0.1) is 11.8 Å². The molecule has 6 heteroatoms. The Hall–Kier alpha value is -0.780. The van der Waals surface area contributed by atoms with Gasteiger partial charge in [0.15, 0.2) is 9.84 Å². The fourth-order valence-corrected chi connectivity index (χ4v) is 3.21. The third-order valence-corrected chi connectivity index (χ3v) is 5.44. The van der Waals surface area contributed by atoms with Gasteiger partial charge in [0.05, 0.1) is 5.75 Å². The van der Waals surface area contributed by atoms with Crippen molar-refractivity contribution >= 4 is 15.9 Å². The summed E-state index contributed by atoms with van der Waals surface area (Å²) in [5.74, 6) is 1.44. The number of rotatable bonds is 6. The highest BCUT2D eigenvalue weighted by Gasteiger charge is 2.19. The molecule has 2 amide bonds. The van der Waals surface area contributed by atoms with Crippen LogP contribution in [0.5, 0.6) is 0 Å². The van der Waals surface area contributed by atoms with Crippen molar-refractivity contribution in [2.45, 2.75) is 39.5 Å². The summed E-state index contributed by atoms with van der Waals surface area (Å²) in [6.07, 6.45) is 4.88. The Bertz CT molecular complexity index is 381. The van der Waals surface area contributed by atoms with Crippen LogP contribution in [0.1, 0.15) is 39.5 Å². The third kappa shape index (κ3) is 6.80. The monoisotopic (exact) mass is 290 g/mol. The number of carbonyl (C=O) groups is 1. The maximum atomic E-state index is 11.5. The van der Waals surface area contributed by atoms with Gasteiger partial charge in [-0.3, -0.25) is 0 Å². The molecule has 2 atom stereocenters. The molecule has 0 heterocycles. The van der Waals surface area contributed by atoms with Gasteiger partial charge < -0.3 is 10.6 Å². The van der Waals surface area contributed by atoms with Gasteiger partial charge in [0, 0.05) is 18.8 Å². The van der Waals surface area contributed by atoms with Gasteiger partial charge >= 0.3 is 6.03 Å². The van der Waals surface area contributed by atoms with Crippen molar-refractivity contribution in [3.63, 3.8) is 0 Å². The largest absolute Gasteiger partial charge is 0.338 e. The number of urea groups is 1. The third-order valence-electron chi connectivity index (χ3n) is 3.73. The highest BCUT2D eigenvalue weighted by Crippen LogP contribution is 2.27. The smallest absolute Gasteiger partial charge is 0.314 e. The summed E-state index contributed by atoms with van der Waals surface area (Å²) in [5.41, 5.74) is 0. The topological polar surface area (TPSA) is 75.3 Å². The van der Waals surface area contributed by atoms with Gasteiger partial charge in [-0.1, -0.05) is 26.7 Å². The average molecular weight is 290 g/mol. The van der Waals surface area contributed by atoms with E-state index >= 15 is 0 Å². The van der Waals surface area contributed by atoms with E-state index in [4.69, 9.17) is 0 Å². The fraction of sp³-hybridized carbons (Fsp3) is 0.923. The van der Waals surface area contributed by atoms with E-state index < -0.39 is 9.84 Å². The molecule has 2 N–H and O–H groups in total. The molecule has 0 saturated heterocycles. The minimum atomic E-state index is -3.00. The molecular weight excluding hydrogens is 264 g/mol. The van der Waals surface area contributed by atoms with Crippen LogP contribution in [0.15, 0.2) is 0 Å². The summed E-state index contributed by atoms with van der Waals surface area (Å²) in [7, 11) is -3.00. The number of sulfone groups is 1. The lowest BCUT2D eigenvalue weighted by Gasteiger charge is -2.26. The lowest BCUT2D eigenvalue weighted by molar-refractivity contribution is 0.231. The van der Waals surface area contributed by atoms with Crippen LogP contribution in [0.2, 0.25) is 0 Å². The minimum absolute atomic E-state index is 0.0113. The summed E-state index contributed by atoms with van der Waals surface area (Å²) in [5, 5.41) is 5.43. The van der Waals surface area contributed by atoms with Crippen molar-refractivity contribution in [1.29, 1.82) is 0 Å². The van der Waals surface area contributed by atoms with Crippen LogP contribution >= 0.6 is 0 Å². The molecule has 19 heavy (non-hydrogen) atoms. The zero-order valence-corrected chi connectivity index (χ0v) is 12.8. The SMILES string of the molecule is CCS(=O)(=O)CCNC(=O)NC[C@@H]1CCC[C@H](C)C1. The molecule has 0 unspecified atom stereocenters. The second-order valence-corrected chi connectivity index (χ2v) is 7.98. The quantitative estimate of drug-likeness (QED) is 0.779. The van der Waals surface area contributed by atoms with Crippen LogP contribution < -0.4 is 10.6 Å². The van der Waals surface area contributed by atoms with E-state index in [0.29, 0.717) is 12.5 Å². The average Bonchev–Trinajstić information content (AvgIpc) is 2.36. The first-order valence-corrected chi connectivity index (χ1v) is 8.97. The molecule has 1 fully saturated rings. The van der Waals surface area contributed by atoms with Crippen LogP contribution in [0.4, 0.5) is 4.79 Å². The van der Waals surface area contributed by atoms with Crippen molar-refractivity contribution < 1.29 is 13.2 Å².